The first-order chi connectivity index (χ1) is 12.6. The van der Waals surface area contributed by atoms with Crippen LogP contribution in [0.3, 0.4) is 0 Å². The molecule has 7 nitrogen and oxygen atoms in total. The number of nitrogens with two attached hydrogens (primary N) is 1. The van der Waals surface area contributed by atoms with E-state index in [-0.39, 0.29) is 13.2 Å². The molecule has 0 radical (unpaired) electrons. The molecule has 27 heavy (non-hydrogen) atoms. The van der Waals surface area contributed by atoms with E-state index in [1.807, 2.05) is 0 Å². The average molecular weight is 399 g/mol. The maximum atomic E-state index is 12.5. The molecular weight excluding hydrogens is 372 g/mol. The van der Waals surface area contributed by atoms with Crippen molar-refractivity contribution in [1.29, 1.82) is 0 Å². The van der Waals surface area contributed by atoms with Crippen LogP contribution in [0.5, 0.6) is 0 Å². The Morgan fingerprint density at radius 2 is 1.81 bits per heavy atom. The zero-order valence-electron chi connectivity index (χ0n) is 15.7. The summed E-state index contributed by atoms with van der Waals surface area (Å²) in [7, 11) is 0. The Bertz CT molecular complexity index is 715. The summed E-state index contributed by atoms with van der Waals surface area (Å²) in [6.07, 6.45) is 0. The van der Waals surface area contributed by atoms with E-state index in [1.165, 1.54) is 0 Å². The van der Waals surface area contributed by atoms with Gasteiger partial charge in [-0.2, -0.15) is 0 Å². The molecule has 1 fully saturated rings. The number of carboxylic acids is 2. The molecule has 1 heterocycles. The SMILES string of the molecule is CC1NC(COCCN)C(C)(C(=O)O)[C@@H](c2ccccc2Cl)C1(C)C(=O)O. The lowest BCUT2D eigenvalue weighted by molar-refractivity contribution is -0.171. The van der Waals surface area contributed by atoms with Gasteiger partial charge in [0.2, 0.25) is 0 Å². The van der Waals surface area contributed by atoms with Crippen LogP contribution >= 0.6 is 11.6 Å². The minimum absolute atomic E-state index is 0.0982. The van der Waals surface area contributed by atoms with E-state index >= 15 is 0 Å². The van der Waals surface area contributed by atoms with Crippen LogP contribution in [0.4, 0.5) is 0 Å². The Morgan fingerprint density at radius 1 is 1.22 bits per heavy atom. The van der Waals surface area contributed by atoms with Crippen molar-refractivity contribution >= 4 is 23.5 Å². The van der Waals surface area contributed by atoms with Crippen LogP contribution < -0.4 is 11.1 Å². The molecule has 1 saturated heterocycles. The number of carbonyl (C=O) groups is 2. The number of aliphatic carboxylic acids is 2. The summed E-state index contributed by atoms with van der Waals surface area (Å²) in [5.74, 6) is -3.07. The monoisotopic (exact) mass is 398 g/mol. The molecule has 0 saturated carbocycles. The van der Waals surface area contributed by atoms with Crippen molar-refractivity contribution in [2.75, 3.05) is 19.8 Å². The van der Waals surface area contributed by atoms with Gasteiger partial charge in [0.25, 0.3) is 0 Å². The number of rotatable bonds is 7. The summed E-state index contributed by atoms with van der Waals surface area (Å²) in [6, 6.07) is 5.67. The number of nitrogens with one attached hydrogen (secondary N) is 1. The predicted molar refractivity (Wildman–Crippen MR) is 102 cm³/mol. The summed E-state index contributed by atoms with van der Waals surface area (Å²) < 4.78 is 5.53. The second-order valence-corrected chi connectivity index (χ2v) is 7.84. The molecule has 0 amide bonds. The standard InChI is InChI=1S/C19H27ClN2O5/c1-11-18(2,16(23)24)15(12-6-4-5-7-13(12)20)19(3,17(25)26)14(22-11)10-27-9-8-21/h4-7,11,14-15,22H,8-10,21H2,1-3H3,(H,23,24)(H,25,26)/t11?,14?,15-,18?,19?/m0/s1. The summed E-state index contributed by atoms with van der Waals surface area (Å²) >= 11 is 6.39. The van der Waals surface area contributed by atoms with Gasteiger partial charge in [0.15, 0.2) is 0 Å². The van der Waals surface area contributed by atoms with Gasteiger partial charge in [0.1, 0.15) is 0 Å². The zero-order chi connectivity index (χ0) is 20.4. The van der Waals surface area contributed by atoms with E-state index in [0.717, 1.165) is 0 Å². The molecule has 0 aromatic heterocycles. The predicted octanol–water partition coefficient (Wildman–Crippen LogP) is 1.94. The molecule has 5 N–H and O–H groups in total. The third-order valence-corrected chi connectivity index (χ3v) is 6.30. The van der Waals surface area contributed by atoms with Gasteiger partial charge in [-0.05, 0) is 32.4 Å². The lowest BCUT2D eigenvalue weighted by Gasteiger charge is -2.55. The molecular formula is C19H27ClN2O5. The van der Waals surface area contributed by atoms with Gasteiger partial charge in [0, 0.05) is 29.6 Å². The van der Waals surface area contributed by atoms with E-state index in [1.54, 1.807) is 45.0 Å². The Labute approximate surface area is 163 Å². The second kappa shape index (κ2) is 8.14. The minimum Gasteiger partial charge on any atom is -0.481 e. The van der Waals surface area contributed by atoms with Gasteiger partial charge in [-0.1, -0.05) is 29.8 Å². The largest absolute Gasteiger partial charge is 0.481 e. The first-order valence-corrected chi connectivity index (χ1v) is 9.24. The molecule has 1 aliphatic rings. The molecule has 8 heteroatoms. The molecule has 150 valence electrons. The minimum atomic E-state index is -1.47. The van der Waals surface area contributed by atoms with Gasteiger partial charge in [-0.3, -0.25) is 9.59 Å². The van der Waals surface area contributed by atoms with Gasteiger partial charge >= 0.3 is 11.9 Å². The van der Waals surface area contributed by atoms with Crippen LogP contribution in [0.25, 0.3) is 0 Å². The highest BCUT2D eigenvalue weighted by Gasteiger charge is 2.64. The highest BCUT2D eigenvalue weighted by molar-refractivity contribution is 6.31. The molecule has 4 unspecified atom stereocenters. The zero-order valence-corrected chi connectivity index (χ0v) is 16.5. The third-order valence-electron chi connectivity index (χ3n) is 5.96. The highest BCUT2D eigenvalue weighted by atomic mass is 35.5. The molecule has 0 spiro atoms. The van der Waals surface area contributed by atoms with E-state index in [2.05, 4.69) is 5.32 Å². The molecule has 2 rings (SSSR count). The highest BCUT2D eigenvalue weighted by Crippen LogP contribution is 2.56. The van der Waals surface area contributed by atoms with Crippen LogP contribution in [-0.4, -0.2) is 54.0 Å². The molecule has 0 aliphatic carbocycles. The lowest BCUT2D eigenvalue weighted by Crippen LogP contribution is -2.69. The number of halogens is 1. The first-order valence-electron chi connectivity index (χ1n) is 8.86. The Balaban J connectivity index is 2.68. The smallest absolute Gasteiger partial charge is 0.311 e. The third kappa shape index (κ3) is 3.57. The fourth-order valence-corrected chi connectivity index (χ4v) is 4.41. The van der Waals surface area contributed by atoms with Gasteiger partial charge in [0.05, 0.1) is 24.0 Å². The van der Waals surface area contributed by atoms with Crippen LogP contribution in [0.2, 0.25) is 5.02 Å². The summed E-state index contributed by atoms with van der Waals surface area (Å²) in [5, 5.41) is 23.8. The fourth-order valence-electron chi connectivity index (χ4n) is 4.16. The Hall–Kier alpha value is -1.67. The summed E-state index contributed by atoms with van der Waals surface area (Å²) in [4.78, 5) is 24.8. The van der Waals surface area contributed by atoms with Crippen molar-refractivity contribution in [3.63, 3.8) is 0 Å². The first kappa shape index (κ1) is 21.6. The molecule has 1 aromatic carbocycles. The summed E-state index contributed by atoms with van der Waals surface area (Å²) in [6.45, 7) is 5.57. The number of carboxylic acid groups (broad SMARTS) is 2. The number of benzene rings is 1. The van der Waals surface area contributed by atoms with Crippen molar-refractivity contribution in [2.45, 2.75) is 38.8 Å². The van der Waals surface area contributed by atoms with Crippen LogP contribution in [0.15, 0.2) is 24.3 Å². The average Bonchev–Trinajstić information content (AvgIpc) is 2.60. The van der Waals surface area contributed by atoms with E-state index in [9.17, 15) is 19.8 Å². The Morgan fingerprint density at radius 3 is 2.33 bits per heavy atom. The fraction of sp³-hybridized carbons (Fsp3) is 0.579. The number of hydrogen-bond acceptors (Lipinski definition) is 5. The van der Waals surface area contributed by atoms with Gasteiger partial charge in [-0.15, -0.1) is 0 Å². The number of ether oxygens (including phenoxy) is 1. The van der Waals surface area contributed by atoms with Crippen molar-refractivity contribution in [1.82, 2.24) is 5.32 Å². The Kier molecular flexibility index (Phi) is 6.52. The van der Waals surface area contributed by atoms with Crippen molar-refractivity contribution in [2.24, 2.45) is 16.6 Å². The maximum Gasteiger partial charge on any atom is 0.311 e. The molecule has 1 aromatic rings. The summed E-state index contributed by atoms with van der Waals surface area (Å²) in [5.41, 5.74) is 3.10. The number of piperidine rings is 1. The van der Waals surface area contributed by atoms with E-state index in [4.69, 9.17) is 22.1 Å². The van der Waals surface area contributed by atoms with Gasteiger partial charge in [-0.25, -0.2) is 0 Å². The van der Waals surface area contributed by atoms with Crippen LogP contribution in [0, 0.1) is 10.8 Å². The number of hydrogen-bond donors (Lipinski definition) is 4. The van der Waals surface area contributed by atoms with Crippen molar-refractivity contribution in [3.05, 3.63) is 34.9 Å². The second-order valence-electron chi connectivity index (χ2n) is 7.43. The van der Waals surface area contributed by atoms with E-state index in [0.29, 0.717) is 17.1 Å². The molecule has 5 atom stereocenters. The lowest BCUT2D eigenvalue weighted by atomic mass is 9.53. The normalized spacial score (nSPS) is 33.6. The van der Waals surface area contributed by atoms with E-state index < -0.39 is 40.8 Å². The van der Waals surface area contributed by atoms with Crippen LogP contribution in [-0.2, 0) is 14.3 Å². The van der Waals surface area contributed by atoms with Crippen molar-refractivity contribution < 1.29 is 24.5 Å². The maximum absolute atomic E-state index is 12.5. The van der Waals surface area contributed by atoms with Crippen molar-refractivity contribution in [3.8, 4) is 0 Å². The molecule has 0 bridgehead atoms. The molecule has 1 aliphatic heterocycles. The van der Waals surface area contributed by atoms with Gasteiger partial charge < -0.3 is 26.0 Å². The van der Waals surface area contributed by atoms with Crippen LogP contribution in [0.1, 0.15) is 32.3 Å². The topological polar surface area (TPSA) is 122 Å². The quantitative estimate of drug-likeness (QED) is 0.517.